The maximum atomic E-state index is 13.4. The molecule has 0 spiro atoms. The molecule has 0 bridgehead atoms. The van der Waals surface area contributed by atoms with Crippen molar-refractivity contribution >= 4 is 44.7 Å². The minimum absolute atomic E-state index is 0.262. The van der Waals surface area contributed by atoms with Crippen molar-refractivity contribution in [1.29, 1.82) is 0 Å². The summed E-state index contributed by atoms with van der Waals surface area (Å²) in [5.74, 6) is -4.03. The van der Waals surface area contributed by atoms with Crippen LogP contribution in [0.4, 0.5) is 18.9 Å². The van der Waals surface area contributed by atoms with Crippen LogP contribution < -0.4 is 21.2 Å². The number of hydrogen-bond donors (Lipinski definition) is 1. The summed E-state index contributed by atoms with van der Waals surface area (Å²) in [6.45, 7) is 1.99. The van der Waals surface area contributed by atoms with Crippen molar-refractivity contribution in [2.45, 2.75) is 6.18 Å². The molecule has 0 fully saturated rings. The van der Waals surface area contributed by atoms with Crippen LogP contribution in [0.5, 0.6) is 0 Å². The second-order valence-corrected chi connectivity index (χ2v) is 15.1. The van der Waals surface area contributed by atoms with Crippen molar-refractivity contribution in [1.82, 2.24) is 0 Å². The van der Waals surface area contributed by atoms with E-state index in [-0.39, 0.29) is 5.69 Å². The SMILES string of the molecule is CP(Cl)(c1ccccc1)(c1ccccc1)c1ccccc1C(=O)Nc1ccc(C(F)(F)F)cc1. The first kappa shape index (κ1) is 24.0. The number of nitrogens with one attached hydrogen (secondary N) is 1. The van der Waals surface area contributed by atoms with Gasteiger partial charge in [0.15, 0.2) is 0 Å². The first-order chi connectivity index (χ1) is 16.1. The summed E-state index contributed by atoms with van der Waals surface area (Å²) in [7, 11) is 0. The Morgan fingerprint density at radius 3 is 1.71 bits per heavy atom. The number of anilines is 1. The van der Waals surface area contributed by atoms with E-state index < -0.39 is 23.6 Å². The van der Waals surface area contributed by atoms with E-state index in [0.29, 0.717) is 10.9 Å². The van der Waals surface area contributed by atoms with E-state index >= 15 is 0 Å². The summed E-state index contributed by atoms with van der Waals surface area (Å²) in [6.07, 6.45) is -4.45. The zero-order chi connectivity index (χ0) is 24.4. The van der Waals surface area contributed by atoms with Gasteiger partial charge in [-0.1, -0.05) is 0 Å². The van der Waals surface area contributed by atoms with Gasteiger partial charge in [-0.15, -0.1) is 0 Å². The summed E-state index contributed by atoms with van der Waals surface area (Å²) in [4.78, 5) is 13.4. The zero-order valence-electron chi connectivity index (χ0n) is 18.3. The van der Waals surface area contributed by atoms with E-state index in [2.05, 4.69) is 5.32 Å². The van der Waals surface area contributed by atoms with E-state index in [1.807, 2.05) is 79.5 Å². The Bertz CT molecular complexity index is 1260. The Labute approximate surface area is 201 Å². The molecule has 0 aliphatic heterocycles. The predicted molar refractivity (Wildman–Crippen MR) is 136 cm³/mol. The molecule has 4 aromatic rings. The van der Waals surface area contributed by atoms with Crippen LogP contribution in [0.1, 0.15) is 15.9 Å². The van der Waals surface area contributed by atoms with Gasteiger partial charge in [-0.05, 0) is 0 Å². The molecule has 0 unspecified atom stereocenters. The molecule has 0 aliphatic carbocycles. The number of benzene rings is 4. The summed E-state index contributed by atoms with van der Waals surface area (Å²) < 4.78 is 38.7. The monoisotopic (exact) mass is 499 g/mol. The molecule has 1 N–H and O–H groups in total. The zero-order valence-corrected chi connectivity index (χ0v) is 19.9. The molecule has 0 aliphatic rings. The molecule has 0 atom stereocenters. The first-order valence-electron chi connectivity index (χ1n) is 10.5. The van der Waals surface area contributed by atoms with Gasteiger partial charge in [0.1, 0.15) is 0 Å². The van der Waals surface area contributed by atoms with Crippen LogP contribution in [0, 0.1) is 0 Å². The number of carbonyl (C=O) groups is 1. The third-order valence-electron chi connectivity index (χ3n) is 5.93. The van der Waals surface area contributed by atoms with Crippen molar-refractivity contribution in [2.24, 2.45) is 0 Å². The molecular weight excluding hydrogens is 478 g/mol. The quantitative estimate of drug-likeness (QED) is 0.309. The van der Waals surface area contributed by atoms with Gasteiger partial charge in [0.25, 0.3) is 0 Å². The Morgan fingerprint density at radius 2 is 1.21 bits per heavy atom. The van der Waals surface area contributed by atoms with E-state index in [1.54, 1.807) is 12.1 Å². The third-order valence-corrected chi connectivity index (χ3v) is 12.2. The van der Waals surface area contributed by atoms with Gasteiger partial charge in [0.05, 0.1) is 0 Å². The summed E-state index contributed by atoms with van der Waals surface area (Å²) in [5.41, 5.74) is -0.151. The number of alkyl halides is 3. The normalized spacial score (nSPS) is 13.0. The molecule has 0 aromatic heterocycles. The van der Waals surface area contributed by atoms with Gasteiger partial charge >= 0.3 is 201 Å². The third kappa shape index (κ3) is 4.34. The molecule has 174 valence electrons. The van der Waals surface area contributed by atoms with Gasteiger partial charge in [-0.3, -0.25) is 0 Å². The predicted octanol–water partition coefficient (Wildman–Crippen LogP) is 6.57. The first-order valence-corrected chi connectivity index (χ1v) is 14.1. The van der Waals surface area contributed by atoms with Crippen LogP contribution in [0.15, 0.2) is 109 Å². The van der Waals surface area contributed by atoms with Crippen LogP contribution in [0.3, 0.4) is 0 Å². The Hall–Kier alpha value is -3.14. The van der Waals surface area contributed by atoms with Gasteiger partial charge < -0.3 is 0 Å². The maximum absolute atomic E-state index is 13.4. The van der Waals surface area contributed by atoms with E-state index in [1.165, 1.54) is 12.1 Å². The molecule has 1 amide bonds. The summed E-state index contributed by atoms with van der Waals surface area (Å²) in [6, 6.07) is 30.8. The van der Waals surface area contributed by atoms with E-state index in [9.17, 15) is 18.0 Å². The van der Waals surface area contributed by atoms with Crippen LogP contribution in [-0.4, -0.2) is 12.6 Å². The van der Waals surface area contributed by atoms with Crippen LogP contribution in [0.25, 0.3) is 0 Å². The minimum atomic E-state index is -4.45. The number of hydrogen-bond acceptors (Lipinski definition) is 1. The molecule has 34 heavy (non-hydrogen) atoms. The fraction of sp³-hybridized carbons (Fsp3) is 0.0741. The standard InChI is InChI=1S/C27H22ClF3NOP/c1-34(28,22-10-4-2-5-11-22,23-12-6-3-7-13-23)25-15-9-8-14-24(25)26(33)32-21-18-16-20(17-19-21)27(29,30)31/h2-19H,1H3,(H,32,33). The molecular formula is C27H22ClF3NOP. The fourth-order valence-electron chi connectivity index (χ4n) is 4.06. The van der Waals surface area contributed by atoms with Crippen molar-refractivity contribution in [3.63, 3.8) is 0 Å². The molecule has 4 aromatic carbocycles. The molecule has 0 saturated heterocycles. The van der Waals surface area contributed by atoms with Crippen LogP contribution in [0.2, 0.25) is 0 Å². The number of rotatable bonds is 5. The average Bonchev–Trinajstić information content (AvgIpc) is 2.85. The van der Waals surface area contributed by atoms with E-state index in [4.69, 9.17) is 11.2 Å². The van der Waals surface area contributed by atoms with Gasteiger partial charge in [-0.2, -0.15) is 0 Å². The molecule has 0 radical (unpaired) electrons. The summed E-state index contributed by atoms with van der Waals surface area (Å²) >= 11 is 7.72. The fourth-order valence-corrected chi connectivity index (χ4v) is 8.99. The molecule has 4 rings (SSSR count). The Morgan fingerprint density at radius 1 is 0.735 bits per heavy atom. The van der Waals surface area contributed by atoms with Gasteiger partial charge in [-0.25, -0.2) is 0 Å². The summed E-state index contributed by atoms with van der Waals surface area (Å²) in [5, 5.41) is 5.20. The van der Waals surface area contributed by atoms with Crippen LogP contribution >= 0.6 is 17.2 Å². The van der Waals surface area contributed by atoms with Gasteiger partial charge in [0.2, 0.25) is 0 Å². The second kappa shape index (κ2) is 8.90. The molecule has 0 saturated carbocycles. The number of amides is 1. The number of carbonyl (C=O) groups excluding carboxylic acids is 1. The molecule has 2 nitrogen and oxygen atoms in total. The van der Waals surface area contributed by atoms with Gasteiger partial charge in [0, 0.05) is 0 Å². The Kier molecular flexibility index (Phi) is 6.28. The molecule has 7 heteroatoms. The van der Waals surface area contributed by atoms with Crippen molar-refractivity contribution in [3.05, 3.63) is 120 Å². The van der Waals surface area contributed by atoms with E-state index in [0.717, 1.165) is 22.7 Å². The average molecular weight is 500 g/mol. The van der Waals surface area contributed by atoms with Crippen molar-refractivity contribution in [3.8, 4) is 0 Å². The van der Waals surface area contributed by atoms with Crippen molar-refractivity contribution < 1.29 is 18.0 Å². The molecule has 0 heterocycles. The Balaban J connectivity index is 1.82. The number of halogens is 4. The van der Waals surface area contributed by atoms with Crippen LogP contribution in [-0.2, 0) is 6.18 Å². The van der Waals surface area contributed by atoms with Crippen molar-refractivity contribution in [2.75, 3.05) is 12.0 Å². The second-order valence-electron chi connectivity index (χ2n) is 8.15. The topological polar surface area (TPSA) is 29.1 Å².